The molecule has 1 aliphatic carbocycles. The molecule has 1 fully saturated rings. The molecule has 2 N–H and O–H groups in total. The fraction of sp³-hybridized carbons (Fsp3) is 0.471. The van der Waals surface area contributed by atoms with Gasteiger partial charge in [0.2, 0.25) is 0 Å². The van der Waals surface area contributed by atoms with Crippen LogP contribution in [0.3, 0.4) is 0 Å². The Morgan fingerprint density at radius 3 is 2.75 bits per heavy atom. The summed E-state index contributed by atoms with van der Waals surface area (Å²) in [5.41, 5.74) is 2.80. The first-order valence-electron chi connectivity index (χ1n) is 8.20. The molecule has 2 aromatic rings. The minimum Gasteiger partial charge on any atom is -0.393 e. The first kappa shape index (κ1) is 16.6. The van der Waals surface area contributed by atoms with Gasteiger partial charge in [-0.1, -0.05) is 6.42 Å². The first-order chi connectivity index (χ1) is 11.5. The maximum absolute atomic E-state index is 10.8. The molecule has 1 aromatic carbocycles. The summed E-state index contributed by atoms with van der Waals surface area (Å²) < 4.78 is 1.75. The van der Waals surface area contributed by atoms with E-state index in [1.807, 2.05) is 13.2 Å². The Hall–Kier alpha value is -2.25. The van der Waals surface area contributed by atoms with E-state index in [2.05, 4.69) is 10.4 Å². The number of benzene rings is 1. The van der Waals surface area contributed by atoms with E-state index in [1.54, 1.807) is 16.8 Å². The molecule has 2 unspecified atom stereocenters. The van der Waals surface area contributed by atoms with Crippen molar-refractivity contribution in [3.05, 3.63) is 46.1 Å². The molecule has 0 aliphatic heterocycles. The molecule has 128 valence electrons. The van der Waals surface area contributed by atoms with Crippen molar-refractivity contribution in [1.82, 2.24) is 15.1 Å². The third-order valence-electron chi connectivity index (χ3n) is 4.60. The quantitative estimate of drug-likeness (QED) is 0.626. The largest absolute Gasteiger partial charge is 0.393 e. The molecule has 0 bridgehead atoms. The van der Waals surface area contributed by atoms with Crippen molar-refractivity contribution in [1.29, 1.82) is 0 Å². The second-order valence-corrected chi connectivity index (χ2v) is 6.37. The topological polar surface area (TPSA) is 93.2 Å². The van der Waals surface area contributed by atoms with E-state index < -0.39 is 4.92 Å². The number of non-ortho nitro benzene ring substituents is 1. The van der Waals surface area contributed by atoms with Gasteiger partial charge in [-0.05, 0) is 30.9 Å². The fourth-order valence-corrected chi connectivity index (χ4v) is 3.30. The number of nitrogens with zero attached hydrogens (tertiary/aromatic N) is 3. The zero-order valence-corrected chi connectivity index (χ0v) is 13.7. The monoisotopic (exact) mass is 330 g/mol. The summed E-state index contributed by atoms with van der Waals surface area (Å²) >= 11 is 0. The molecule has 0 amide bonds. The molecule has 3 rings (SSSR count). The molecule has 0 spiro atoms. The Bertz CT molecular complexity index is 711. The van der Waals surface area contributed by atoms with E-state index in [9.17, 15) is 15.2 Å². The Labute approximate surface area is 140 Å². The second kappa shape index (κ2) is 7.11. The number of aryl methyl sites for hydroxylation is 1. The maximum atomic E-state index is 10.8. The lowest BCUT2D eigenvalue weighted by Crippen LogP contribution is -2.27. The van der Waals surface area contributed by atoms with Crippen molar-refractivity contribution >= 4 is 5.69 Å². The van der Waals surface area contributed by atoms with E-state index in [0.717, 1.165) is 42.6 Å². The van der Waals surface area contributed by atoms with Crippen molar-refractivity contribution in [3.63, 3.8) is 0 Å². The molecule has 1 heterocycles. The number of rotatable bonds is 6. The Morgan fingerprint density at radius 2 is 2.12 bits per heavy atom. The van der Waals surface area contributed by atoms with Crippen LogP contribution in [0.2, 0.25) is 0 Å². The molecule has 1 aliphatic rings. The van der Waals surface area contributed by atoms with Crippen molar-refractivity contribution in [2.75, 3.05) is 6.54 Å². The summed E-state index contributed by atoms with van der Waals surface area (Å²) in [5.74, 6) is 0.324. The smallest absolute Gasteiger partial charge is 0.269 e. The highest BCUT2D eigenvalue weighted by atomic mass is 16.6. The molecular formula is C17H22N4O3. The molecule has 0 radical (unpaired) electrons. The minimum absolute atomic E-state index is 0.0737. The summed E-state index contributed by atoms with van der Waals surface area (Å²) in [5, 5.41) is 28.5. The molecule has 7 heteroatoms. The third kappa shape index (κ3) is 3.63. The van der Waals surface area contributed by atoms with Crippen LogP contribution in [0.15, 0.2) is 30.5 Å². The van der Waals surface area contributed by atoms with Crippen molar-refractivity contribution in [3.8, 4) is 11.3 Å². The maximum Gasteiger partial charge on any atom is 0.269 e. The van der Waals surface area contributed by atoms with Gasteiger partial charge in [0.25, 0.3) is 5.69 Å². The van der Waals surface area contributed by atoms with Crippen LogP contribution in [0.4, 0.5) is 5.69 Å². The van der Waals surface area contributed by atoms with Gasteiger partial charge in [-0.3, -0.25) is 14.8 Å². The van der Waals surface area contributed by atoms with Crippen molar-refractivity contribution < 1.29 is 10.0 Å². The van der Waals surface area contributed by atoms with Gasteiger partial charge in [-0.2, -0.15) is 5.10 Å². The van der Waals surface area contributed by atoms with Gasteiger partial charge in [0.1, 0.15) is 0 Å². The van der Waals surface area contributed by atoms with Crippen LogP contribution in [0.25, 0.3) is 11.3 Å². The van der Waals surface area contributed by atoms with Gasteiger partial charge in [0.15, 0.2) is 0 Å². The summed E-state index contributed by atoms with van der Waals surface area (Å²) in [6, 6.07) is 6.45. The molecular weight excluding hydrogens is 308 g/mol. The molecule has 1 saturated carbocycles. The zero-order chi connectivity index (χ0) is 17.1. The molecule has 7 nitrogen and oxygen atoms in total. The predicted octanol–water partition coefficient (Wildman–Crippen LogP) is 2.25. The van der Waals surface area contributed by atoms with E-state index in [4.69, 9.17) is 0 Å². The van der Waals surface area contributed by atoms with Crippen LogP contribution in [-0.2, 0) is 13.6 Å². The van der Waals surface area contributed by atoms with E-state index in [-0.39, 0.29) is 11.8 Å². The van der Waals surface area contributed by atoms with E-state index in [1.165, 1.54) is 12.1 Å². The van der Waals surface area contributed by atoms with Crippen LogP contribution in [-0.4, -0.2) is 32.5 Å². The number of hydrogen-bond acceptors (Lipinski definition) is 5. The number of aliphatic hydroxyl groups excluding tert-OH is 1. The first-order valence-corrected chi connectivity index (χ1v) is 8.20. The van der Waals surface area contributed by atoms with Crippen LogP contribution in [0, 0.1) is 16.0 Å². The Balaban J connectivity index is 1.69. The highest BCUT2D eigenvalue weighted by Crippen LogP contribution is 2.26. The van der Waals surface area contributed by atoms with E-state index in [0.29, 0.717) is 12.5 Å². The number of aliphatic hydroxyl groups is 1. The normalized spacial score (nSPS) is 20.4. The Kier molecular flexibility index (Phi) is 4.92. The van der Waals surface area contributed by atoms with Gasteiger partial charge in [-0.25, -0.2) is 0 Å². The summed E-state index contributed by atoms with van der Waals surface area (Å²) in [6.45, 7) is 1.44. The SMILES string of the molecule is Cn1cc(CNCC2CCCC2O)c(-c2ccc([N+](=O)[O-])cc2)n1. The number of aromatic nitrogens is 2. The van der Waals surface area contributed by atoms with Gasteiger partial charge in [0, 0.05) is 49.6 Å². The lowest BCUT2D eigenvalue weighted by molar-refractivity contribution is -0.384. The average Bonchev–Trinajstić information content (AvgIpc) is 3.13. The van der Waals surface area contributed by atoms with Crippen molar-refractivity contribution in [2.24, 2.45) is 13.0 Å². The molecule has 2 atom stereocenters. The van der Waals surface area contributed by atoms with Crippen LogP contribution >= 0.6 is 0 Å². The lowest BCUT2D eigenvalue weighted by Gasteiger charge is -2.15. The van der Waals surface area contributed by atoms with Gasteiger partial charge in [0.05, 0.1) is 16.7 Å². The standard InChI is InChI=1S/C17H22N4O3/c1-20-11-14(10-18-9-13-3-2-4-16(13)22)17(19-20)12-5-7-15(8-6-12)21(23)24/h5-8,11,13,16,18,22H,2-4,9-10H2,1H3. The van der Waals surface area contributed by atoms with Crippen LogP contribution in [0.5, 0.6) is 0 Å². The number of nitro groups is 1. The minimum atomic E-state index is -0.405. The van der Waals surface area contributed by atoms with Crippen LogP contribution < -0.4 is 5.32 Å². The van der Waals surface area contributed by atoms with Gasteiger partial charge < -0.3 is 10.4 Å². The number of hydrogen-bond donors (Lipinski definition) is 2. The number of nitrogens with one attached hydrogen (secondary N) is 1. The summed E-state index contributed by atoms with van der Waals surface area (Å²) in [4.78, 5) is 10.4. The zero-order valence-electron chi connectivity index (χ0n) is 13.7. The second-order valence-electron chi connectivity index (χ2n) is 6.37. The summed E-state index contributed by atoms with van der Waals surface area (Å²) in [6.07, 6.45) is 4.81. The molecule has 1 aromatic heterocycles. The Morgan fingerprint density at radius 1 is 1.38 bits per heavy atom. The van der Waals surface area contributed by atoms with E-state index >= 15 is 0 Å². The predicted molar refractivity (Wildman–Crippen MR) is 90.4 cm³/mol. The molecule has 0 saturated heterocycles. The lowest BCUT2D eigenvalue weighted by atomic mass is 10.1. The van der Waals surface area contributed by atoms with Gasteiger partial charge >= 0.3 is 0 Å². The van der Waals surface area contributed by atoms with Gasteiger partial charge in [-0.15, -0.1) is 0 Å². The fourth-order valence-electron chi connectivity index (χ4n) is 3.30. The molecule has 24 heavy (non-hydrogen) atoms. The third-order valence-corrected chi connectivity index (χ3v) is 4.60. The highest BCUT2D eigenvalue weighted by Gasteiger charge is 2.24. The number of nitro benzene ring substituents is 1. The summed E-state index contributed by atoms with van der Waals surface area (Å²) in [7, 11) is 1.86. The highest BCUT2D eigenvalue weighted by molar-refractivity contribution is 5.64. The van der Waals surface area contributed by atoms with Crippen LogP contribution in [0.1, 0.15) is 24.8 Å². The van der Waals surface area contributed by atoms with Crippen molar-refractivity contribution in [2.45, 2.75) is 31.9 Å². The average molecular weight is 330 g/mol.